The molecule has 3 aromatic rings. The molecule has 156 valence electrons. The van der Waals surface area contributed by atoms with Gasteiger partial charge < -0.3 is 24.6 Å². The third kappa shape index (κ3) is 3.14. The number of anilines is 2. The number of rotatable bonds is 5. The lowest BCUT2D eigenvalue weighted by molar-refractivity contribution is 0.0310. The summed E-state index contributed by atoms with van der Waals surface area (Å²) in [4.78, 5) is 15.7. The van der Waals surface area contributed by atoms with E-state index in [4.69, 9.17) is 14.2 Å². The summed E-state index contributed by atoms with van der Waals surface area (Å²) < 4.78 is 32.9. The Morgan fingerprint density at radius 1 is 1.40 bits per heavy atom. The van der Waals surface area contributed by atoms with Crippen LogP contribution in [0.25, 0.3) is 5.52 Å². The van der Waals surface area contributed by atoms with E-state index in [-0.39, 0.29) is 23.9 Å². The summed E-state index contributed by atoms with van der Waals surface area (Å²) in [6.07, 6.45) is 3.02. The molecule has 10 heteroatoms. The van der Waals surface area contributed by atoms with Crippen molar-refractivity contribution >= 4 is 23.0 Å². The maximum absolute atomic E-state index is 14.0. The Morgan fingerprint density at radius 2 is 2.27 bits per heavy atom. The molecule has 2 saturated heterocycles. The monoisotopic (exact) mass is 414 g/mol. The molecule has 1 aromatic carbocycles. The second kappa shape index (κ2) is 7.22. The number of aromatic nitrogens is 3. The Labute approximate surface area is 170 Å². The SMILES string of the molecule is Cc1c(C(=O)O)cn2ncnc(Nc3ccc(F)cc3OC3COC4CCOC43)c12. The standard InChI is InChI=1S/C20H19FN4O5/c1-10-12(20(26)27)7-25-17(10)19(22-9-23-25)24-13-3-2-11(21)6-15(13)30-16-8-29-14-4-5-28-18(14)16/h2-3,6-7,9,14,16,18H,4-5,8H2,1H3,(H,26,27)(H,22,23,24). The number of nitrogens with zero attached hydrogens (tertiary/aromatic N) is 3. The van der Waals surface area contributed by atoms with Crippen LogP contribution in [0.5, 0.6) is 5.75 Å². The summed E-state index contributed by atoms with van der Waals surface area (Å²) in [6, 6.07) is 4.14. The van der Waals surface area contributed by atoms with Crippen molar-refractivity contribution in [2.24, 2.45) is 0 Å². The zero-order valence-corrected chi connectivity index (χ0v) is 16.0. The lowest BCUT2D eigenvalue weighted by Gasteiger charge is -2.20. The predicted molar refractivity (Wildman–Crippen MR) is 103 cm³/mol. The normalized spacial score (nSPS) is 22.9. The zero-order chi connectivity index (χ0) is 20.8. The van der Waals surface area contributed by atoms with Crippen LogP contribution < -0.4 is 10.1 Å². The van der Waals surface area contributed by atoms with Crippen LogP contribution in [0.2, 0.25) is 0 Å². The smallest absolute Gasteiger partial charge is 0.337 e. The average Bonchev–Trinajstić information content (AvgIpc) is 3.41. The van der Waals surface area contributed by atoms with E-state index in [0.29, 0.717) is 41.5 Å². The number of aromatic carboxylic acids is 1. The number of nitrogens with one attached hydrogen (secondary N) is 1. The van der Waals surface area contributed by atoms with Crippen molar-refractivity contribution in [2.45, 2.75) is 31.7 Å². The summed E-state index contributed by atoms with van der Waals surface area (Å²) in [5.74, 6) is -0.830. The largest absolute Gasteiger partial charge is 0.483 e. The molecule has 5 rings (SSSR count). The molecule has 30 heavy (non-hydrogen) atoms. The minimum absolute atomic E-state index is 0.000680. The summed E-state index contributed by atoms with van der Waals surface area (Å²) in [5.41, 5.74) is 1.63. The zero-order valence-electron chi connectivity index (χ0n) is 16.0. The number of benzene rings is 1. The second-order valence-electron chi connectivity index (χ2n) is 7.29. The van der Waals surface area contributed by atoms with Gasteiger partial charge in [0.25, 0.3) is 0 Å². The van der Waals surface area contributed by atoms with E-state index >= 15 is 0 Å². The molecule has 0 bridgehead atoms. The molecule has 3 unspecified atom stereocenters. The van der Waals surface area contributed by atoms with Crippen molar-refractivity contribution in [1.82, 2.24) is 14.6 Å². The first kappa shape index (κ1) is 18.8. The van der Waals surface area contributed by atoms with Gasteiger partial charge in [-0.1, -0.05) is 0 Å². The van der Waals surface area contributed by atoms with Crippen LogP contribution in [0, 0.1) is 12.7 Å². The molecule has 0 amide bonds. The fourth-order valence-corrected chi connectivity index (χ4v) is 3.99. The van der Waals surface area contributed by atoms with Crippen molar-refractivity contribution in [1.29, 1.82) is 0 Å². The summed E-state index contributed by atoms with van der Waals surface area (Å²) >= 11 is 0. The number of ether oxygens (including phenoxy) is 3. The minimum atomic E-state index is -1.05. The Balaban J connectivity index is 1.49. The van der Waals surface area contributed by atoms with E-state index < -0.39 is 11.8 Å². The molecule has 2 aromatic heterocycles. The topological polar surface area (TPSA) is 107 Å². The molecule has 2 N–H and O–H groups in total. The van der Waals surface area contributed by atoms with Gasteiger partial charge in [-0.2, -0.15) is 5.10 Å². The van der Waals surface area contributed by atoms with Crippen LogP contribution in [-0.4, -0.2) is 57.2 Å². The molecular formula is C20H19FN4O5. The molecular weight excluding hydrogens is 395 g/mol. The molecule has 4 heterocycles. The van der Waals surface area contributed by atoms with Gasteiger partial charge in [-0.25, -0.2) is 18.7 Å². The molecule has 0 saturated carbocycles. The van der Waals surface area contributed by atoms with E-state index in [1.165, 1.54) is 29.2 Å². The number of hydrogen-bond acceptors (Lipinski definition) is 7. The quantitative estimate of drug-likeness (QED) is 0.656. The maximum atomic E-state index is 14.0. The van der Waals surface area contributed by atoms with E-state index in [2.05, 4.69) is 15.4 Å². The fourth-order valence-electron chi connectivity index (χ4n) is 3.99. The van der Waals surface area contributed by atoms with Gasteiger partial charge in [-0.15, -0.1) is 0 Å². The van der Waals surface area contributed by atoms with Gasteiger partial charge in [-0.05, 0) is 31.0 Å². The van der Waals surface area contributed by atoms with Gasteiger partial charge in [0.15, 0.2) is 11.9 Å². The number of hydrogen-bond donors (Lipinski definition) is 2. The van der Waals surface area contributed by atoms with E-state index in [1.807, 2.05) is 0 Å². The van der Waals surface area contributed by atoms with Crippen molar-refractivity contribution in [3.63, 3.8) is 0 Å². The van der Waals surface area contributed by atoms with E-state index in [1.54, 1.807) is 13.0 Å². The maximum Gasteiger partial charge on any atom is 0.337 e. The molecule has 0 aliphatic carbocycles. The van der Waals surface area contributed by atoms with Crippen molar-refractivity contribution in [3.8, 4) is 5.75 Å². The second-order valence-corrected chi connectivity index (χ2v) is 7.29. The van der Waals surface area contributed by atoms with Crippen LogP contribution in [0.3, 0.4) is 0 Å². The highest BCUT2D eigenvalue weighted by Gasteiger charge is 2.43. The first-order valence-corrected chi connectivity index (χ1v) is 9.54. The highest BCUT2D eigenvalue weighted by molar-refractivity contribution is 5.94. The Bertz CT molecular complexity index is 1130. The number of halogens is 1. The van der Waals surface area contributed by atoms with Crippen LogP contribution in [-0.2, 0) is 9.47 Å². The lowest BCUT2D eigenvalue weighted by Crippen LogP contribution is -2.32. The predicted octanol–water partition coefficient (Wildman–Crippen LogP) is 2.55. The first-order valence-electron chi connectivity index (χ1n) is 9.54. The Kier molecular flexibility index (Phi) is 4.52. The molecule has 0 radical (unpaired) electrons. The van der Waals surface area contributed by atoms with Gasteiger partial charge in [0, 0.05) is 18.9 Å². The first-order chi connectivity index (χ1) is 14.5. The third-order valence-corrected chi connectivity index (χ3v) is 5.45. The van der Waals surface area contributed by atoms with Crippen molar-refractivity contribution in [2.75, 3.05) is 18.5 Å². The van der Waals surface area contributed by atoms with Crippen molar-refractivity contribution in [3.05, 3.63) is 47.7 Å². The molecule has 2 fully saturated rings. The summed E-state index contributed by atoms with van der Waals surface area (Å²) in [5, 5.41) is 16.6. The van der Waals surface area contributed by atoms with Crippen molar-refractivity contribution < 1.29 is 28.5 Å². The average molecular weight is 414 g/mol. The van der Waals surface area contributed by atoms with Gasteiger partial charge in [0.2, 0.25) is 0 Å². The van der Waals surface area contributed by atoms with Crippen LogP contribution >= 0.6 is 0 Å². The van der Waals surface area contributed by atoms with E-state index in [9.17, 15) is 14.3 Å². The van der Waals surface area contributed by atoms with Crippen LogP contribution in [0.15, 0.2) is 30.7 Å². The number of aryl methyl sites for hydroxylation is 1. The molecule has 0 spiro atoms. The minimum Gasteiger partial charge on any atom is -0.483 e. The Morgan fingerprint density at radius 3 is 3.10 bits per heavy atom. The molecule has 9 nitrogen and oxygen atoms in total. The number of carboxylic acid groups (broad SMARTS) is 1. The lowest BCUT2D eigenvalue weighted by atomic mass is 10.1. The van der Waals surface area contributed by atoms with Crippen LogP contribution in [0.4, 0.5) is 15.9 Å². The number of carboxylic acids is 1. The van der Waals surface area contributed by atoms with Gasteiger partial charge in [0.05, 0.1) is 24.0 Å². The number of carbonyl (C=O) groups is 1. The Hall–Kier alpha value is -3.24. The fraction of sp³-hybridized carbons (Fsp3) is 0.350. The highest BCUT2D eigenvalue weighted by atomic mass is 19.1. The van der Waals surface area contributed by atoms with E-state index in [0.717, 1.165) is 6.42 Å². The molecule has 3 atom stereocenters. The highest BCUT2D eigenvalue weighted by Crippen LogP contribution is 2.35. The number of fused-ring (bicyclic) bond motifs is 2. The van der Waals surface area contributed by atoms with Gasteiger partial charge in [0.1, 0.15) is 29.5 Å². The summed E-state index contributed by atoms with van der Waals surface area (Å²) in [7, 11) is 0. The third-order valence-electron chi connectivity index (χ3n) is 5.45. The van der Waals surface area contributed by atoms with Gasteiger partial charge >= 0.3 is 5.97 Å². The van der Waals surface area contributed by atoms with Crippen LogP contribution in [0.1, 0.15) is 22.3 Å². The summed E-state index contributed by atoms with van der Waals surface area (Å²) in [6.45, 7) is 2.66. The molecule has 2 aliphatic rings. The van der Waals surface area contributed by atoms with Gasteiger partial charge in [-0.3, -0.25) is 0 Å². The molecule has 2 aliphatic heterocycles.